The van der Waals surface area contributed by atoms with Crippen molar-refractivity contribution >= 4 is 5.97 Å². The van der Waals surface area contributed by atoms with Crippen LogP contribution in [0.2, 0.25) is 0 Å². The van der Waals surface area contributed by atoms with E-state index in [1.54, 1.807) is 6.07 Å². The first-order chi connectivity index (χ1) is 6.54. The van der Waals surface area contributed by atoms with Gasteiger partial charge in [-0.2, -0.15) is 0 Å². The summed E-state index contributed by atoms with van der Waals surface area (Å²) >= 11 is 0. The van der Waals surface area contributed by atoms with E-state index in [0.717, 1.165) is 18.5 Å². The highest BCUT2D eigenvalue weighted by molar-refractivity contribution is 5.86. The van der Waals surface area contributed by atoms with E-state index in [4.69, 9.17) is 5.11 Å². The van der Waals surface area contributed by atoms with Crippen molar-refractivity contribution in [2.45, 2.75) is 33.7 Å². The van der Waals surface area contributed by atoms with Crippen LogP contribution in [0.5, 0.6) is 0 Å². The maximum absolute atomic E-state index is 10.9. The van der Waals surface area contributed by atoms with Gasteiger partial charge in [0.15, 0.2) is 0 Å². The lowest BCUT2D eigenvalue weighted by Crippen LogP contribution is -2.12. The van der Waals surface area contributed by atoms with E-state index < -0.39 is 5.97 Å². The van der Waals surface area contributed by atoms with E-state index in [9.17, 15) is 4.79 Å². The summed E-state index contributed by atoms with van der Waals surface area (Å²) in [7, 11) is 0. The normalized spacial score (nSPS) is 12.8. The summed E-state index contributed by atoms with van der Waals surface area (Å²) in [6.07, 6.45) is 2.96. The molecule has 0 aliphatic carbocycles. The number of aromatic nitrogens is 1. The molecule has 78 valence electrons. The molecule has 0 radical (unpaired) electrons. The number of rotatable bonds is 4. The average Bonchev–Trinajstić information content (AvgIpc) is 2.46. The molecule has 3 heteroatoms. The van der Waals surface area contributed by atoms with E-state index in [0.29, 0.717) is 11.6 Å². The van der Waals surface area contributed by atoms with Crippen LogP contribution < -0.4 is 0 Å². The molecule has 0 amide bonds. The van der Waals surface area contributed by atoms with Crippen molar-refractivity contribution in [3.63, 3.8) is 0 Å². The topological polar surface area (TPSA) is 42.2 Å². The van der Waals surface area contributed by atoms with Gasteiger partial charge in [-0.25, -0.2) is 4.79 Å². The van der Waals surface area contributed by atoms with Gasteiger partial charge in [0.1, 0.15) is 5.69 Å². The van der Waals surface area contributed by atoms with E-state index in [1.807, 2.05) is 17.7 Å². The molecule has 1 atom stereocenters. The van der Waals surface area contributed by atoms with Crippen LogP contribution in [0.25, 0.3) is 0 Å². The summed E-state index contributed by atoms with van der Waals surface area (Å²) in [5, 5.41) is 8.94. The second-order valence-electron chi connectivity index (χ2n) is 3.87. The molecule has 3 nitrogen and oxygen atoms in total. The second kappa shape index (κ2) is 4.31. The fourth-order valence-corrected chi connectivity index (χ4v) is 1.45. The first kappa shape index (κ1) is 10.8. The van der Waals surface area contributed by atoms with E-state index in [2.05, 4.69) is 13.8 Å². The number of aryl methyl sites for hydroxylation is 1. The standard InChI is InChI=1S/C11H17NO2/c1-4-8(2)6-12-7-9(3)5-10(12)11(13)14/h5,7-8H,4,6H2,1-3H3,(H,13,14). The smallest absolute Gasteiger partial charge is 0.352 e. The number of carboxylic acid groups (broad SMARTS) is 1. The number of aromatic carboxylic acids is 1. The minimum Gasteiger partial charge on any atom is -0.477 e. The van der Waals surface area contributed by atoms with Crippen molar-refractivity contribution in [2.24, 2.45) is 5.92 Å². The van der Waals surface area contributed by atoms with Crippen LogP contribution in [0.3, 0.4) is 0 Å². The van der Waals surface area contributed by atoms with Gasteiger partial charge in [-0.05, 0) is 24.5 Å². The predicted molar refractivity (Wildman–Crippen MR) is 55.6 cm³/mol. The molecular formula is C11H17NO2. The van der Waals surface area contributed by atoms with Gasteiger partial charge in [0.05, 0.1) is 0 Å². The quantitative estimate of drug-likeness (QED) is 0.802. The molecule has 1 aromatic heterocycles. The van der Waals surface area contributed by atoms with Crippen molar-refractivity contribution in [1.29, 1.82) is 0 Å². The van der Waals surface area contributed by atoms with Gasteiger partial charge in [0, 0.05) is 12.7 Å². The number of nitrogens with zero attached hydrogens (tertiary/aromatic N) is 1. The van der Waals surface area contributed by atoms with Gasteiger partial charge >= 0.3 is 5.97 Å². The molecule has 0 bridgehead atoms. The monoisotopic (exact) mass is 195 g/mol. The molecule has 0 saturated carbocycles. The Morgan fingerprint density at radius 1 is 1.64 bits per heavy atom. The minimum atomic E-state index is -0.846. The van der Waals surface area contributed by atoms with E-state index in [-0.39, 0.29) is 0 Å². The number of carbonyl (C=O) groups is 1. The maximum Gasteiger partial charge on any atom is 0.352 e. The summed E-state index contributed by atoms with van der Waals surface area (Å²) in [5.74, 6) is -0.332. The fourth-order valence-electron chi connectivity index (χ4n) is 1.45. The summed E-state index contributed by atoms with van der Waals surface area (Å²) in [6.45, 7) is 6.94. The molecule has 1 aromatic rings. The zero-order chi connectivity index (χ0) is 10.7. The minimum absolute atomic E-state index is 0.391. The van der Waals surface area contributed by atoms with Crippen LogP contribution in [-0.2, 0) is 6.54 Å². The Kier molecular flexibility index (Phi) is 3.33. The largest absolute Gasteiger partial charge is 0.477 e. The molecule has 1 unspecified atom stereocenters. The Morgan fingerprint density at radius 2 is 2.29 bits per heavy atom. The van der Waals surface area contributed by atoms with E-state index >= 15 is 0 Å². The molecule has 0 aliphatic heterocycles. The third-order valence-corrected chi connectivity index (χ3v) is 2.46. The van der Waals surface area contributed by atoms with Crippen molar-refractivity contribution < 1.29 is 9.90 Å². The third-order valence-electron chi connectivity index (χ3n) is 2.46. The molecule has 1 N–H and O–H groups in total. The van der Waals surface area contributed by atoms with Crippen LogP contribution >= 0.6 is 0 Å². The highest BCUT2D eigenvalue weighted by Crippen LogP contribution is 2.12. The average molecular weight is 195 g/mol. The highest BCUT2D eigenvalue weighted by Gasteiger charge is 2.12. The van der Waals surface area contributed by atoms with Gasteiger partial charge in [-0.3, -0.25) is 0 Å². The highest BCUT2D eigenvalue weighted by atomic mass is 16.4. The van der Waals surface area contributed by atoms with Crippen molar-refractivity contribution in [3.05, 3.63) is 23.5 Å². The second-order valence-corrected chi connectivity index (χ2v) is 3.87. The zero-order valence-electron chi connectivity index (χ0n) is 8.95. The van der Waals surface area contributed by atoms with Gasteiger partial charge in [0.2, 0.25) is 0 Å². The third kappa shape index (κ3) is 2.37. The summed E-state index contributed by atoms with van der Waals surface area (Å²) in [5.41, 5.74) is 1.40. The van der Waals surface area contributed by atoms with Gasteiger partial charge in [-0.15, -0.1) is 0 Å². The summed E-state index contributed by atoms with van der Waals surface area (Å²) in [6, 6.07) is 1.71. The molecule has 0 aliphatic rings. The van der Waals surface area contributed by atoms with Crippen molar-refractivity contribution in [2.75, 3.05) is 0 Å². The summed E-state index contributed by atoms with van der Waals surface area (Å²) < 4.78 is 1.83. The molecule has 0 spiro atoms. The first-order valence-electron chi connectivity index (χ1n) is 4.94. The molecule has 0 fully saturated rings. The lowest BCUT2D eigenvalue weighted by atomic mass is 10.1. The lowest BCUT2D eigenvalue weighted by Gasteiger charge is -2.11. The fraction of sp³-hybridized carbons (Fsp3) is 0.545. The molecule has 0 aromatic carbocycles. The van der Waals surface area contributed by atoms with Crippen LogP contribution in [0.4, 0.5) is 0 Å². The molecule has 14 heavy (non-hydrogen) atoms. The molecule has 0 saturated heterocycles. The molecular weight excluding hydrogens is 178 g/mol. The number of hydrogen-bond acceptors (Lipinski definition) is 1. The Balaban J connectivity index is 2.89. The molecule has 1 rings (SSSR count). The van der Waals surface area contributed by atoms with Crippen LogP contribution in [-0.4, -0.2) is 15.6 Å². The predicted octanol–water partition coefficient (Wildman–Crippen LogP) is 2.54. The van der Waals surface area contributed by atoms with Gasteiger partial charge in [0.25, 0.3) is 0 Å². The van der Waals surface area contributed by atoms with Crippen molar-refractivity contribution in [3.8, 4) is 0 Å². The Morgan fingerprint density at radius 3 is 2.79 bits per heavy atom. The van der Waals surface area contributed by atoms with Gasteiger partial charge in [-0.1, -0.05) is 20.3 Å². The Bertz CT molecular complexity index is 328. The van der Waals surface area contributed by atoms with Crippen LogP contribution in [0, 0.1) is 12.8 Å². The lowest BCUT2D eigenvalue weighted by molar-refractivity contribution is 0.0684. The van der Waals surface area contributed by atoms with Crippen LogP contribution in [0.15, 0.2) is 12.3 Å². The number of carboxylic acids is 1. The Hall–Kier alpha value is -1.25. The zero-order valence-corrected chi connectivity index (χ0v) is 8.95. The maximum atomic E-state index is 10.9. The van der Waals surface area contributed by atoms with E-state index in [1.165, 1.54) is 0 Å². The van der Waals surface area contributed by atoms with Crippen LogP contribution in [0.1, 0.15) is 36.3 Å². The van der Waals surface area contributed by atoms with Crippen molar-refractivity contribution in [1.82, 2.24) is 4.57 Å². The first-order valence-corrected chi connectivity index (χ1v) is 4.94. The number of hydrogen-bond donors (Lipinski definition) is 1. The Labute approximate surface area is 84.4 Å². The SMILES string of the molecule is CCC(C)Cn1cc(C)cc1C(=O)O. The van der Waals surface area contributed by atoms with Gasteiger partial charge < -0.3 is 9.67 Å². The molecule has 1 heterocycles. The summed E-state index contributed by atoms with van der Waals surface area (Å²) in [4.78, 5) is 10.9.